The number of hydrogen-bond acceptors (Lipinski definition) is 1. The third kappa shape index (κ3) is 1.81. The Morgan fingerprint density at radius 2 is 2.09 bits per heavy atom. The van der Waals surface area contributed by atoms with Crippen molar-refractivity contribution in [3.63, 3.8) is 0 Å². The Morgan fingerprint density at radius 1 is 1.45 bits per heavy atom. The van der Waals surface area contributed by atoms with Crippen molar-refractivity contribution in [2.75, 3.05) is 0 Å². The van der Waals surface area contributed by atoms with Crippen molar-refractivity contribution in [2.45, 2.75) is 19.4 Å². The molecule has 1 rings (SSSR count). The Labute approximate surface area is 67.7 Å². The van der Waals surface area contributed by atoms with Crippen LogP contribution in [0.1, 0.15) is 30.6 Å². The highest BCUT2D eigenvalue weighted by Crippen LogP contribution is 2.19. The largest absolute Gasteiger partial charge is 0.388 e. The average molecular weight is 149 g/mol. The molecule has 1 radical (unpaired) electrons. The summed E-state index contributed by atoms with van der Waals surface area (Å²) in [4.78, 5) is 0. The Balaban J connectivity index is 2.93. The summed E-state index contributed by atoms with van der Waals surface area (Å²) < 4.78 is 0. The molecule has 1 aromatic rings. The molecule has 1 unspecified atom stereocenters. The Hall–Kier alpha value is -0.820. The molecule has 1 aromatic carbocycles. The molecule has 59 valence electrons. The molecule has 1 nitrogen and oxygen atoms in total. The van der Waals surface area contributed by atoms with E-state index in [9.17, 15) is 5.11 Å². The van der Waals surface area contributed by atoms with Crippen LogP contribution in [0.15, 0.2) is 24.3 Å². The molecule has 0 fully saturated rings. The van der Waals surface area contributed by atoms with Crippen LogP contribution in [0, 0.1) is 6.92 Å². The highest BCUT2D eigenvalue weighted by atomic mass is 16.3. The van der Waals surface area contributed by atoms with Gasteiger partial charge in [-0.3, -0.25) is 0 Å². The second-order valence-corrected chi connectivity index (χ2v) is 2.62. The first-order valence-electron chi connectivity index (χ1n) is 3.84. The molecule has 0 saturated carbocycles. The first-order chi connectivity index (χ1) is 5.25. The van der Waals surface area contributed by atoms with Gasteiger partial charge in [0.05, 0.1) is 6.10 Å². The zero-order chi connectivity index (χ0) is 8.27. The minimum atomic E-state index is -0.358. The van der Waals surface area contributed by atoms with Gasteiger partial charge in [0.25, 0.3) is 0 Å². The van der Waals surface area contributed by atoms with Crippen molar-refractivity contribution < 1.29 is 5.11 Å². The van der Waals surface area contributed by atoms with E-state index in [4.69, 9.17) is 0 Å². The van der Waals surface area contributed by atoms with Crippen LogP contribution in [0.2, 0.25) is 0 Å². The predicted molar refractivity (Wildman–Crippen MR) is 46.2 cm³/mol. The third-order valence-electron chi connectivity index (χ3n) is 1.80. The summed E-state index contributed by atoms with van der Waals surface area (Å²) in [5.41, 5.74) is 1.86. The monoisotopic (exact) mass is 149 g/mol. The first-order valence-corrected chi connectivity index (χ1v) is 3.84. The van der Waals surface area contributed by atoms with Gasteiger partial charge in [-0.05, 0) is 24.5 Å². The van der Waals surface area contributed by atoms with Crippen molar-refractivity contribution in [2.24, 2.45) is 0 Å². The Bertz CT molecular complexity index is 230. The maximum absolute atomic E-state index is 9.47. The van der Waals surface area contributed by atoms with Gasteiger partial charge >= 0.3 is 0 Å². The van der Waals surface area contributed by atoms with Gasteiger partial charge in [-0.15, -0.1) is 0 Å². The SMILES string of the molecule is [CH2]c1ccccc1C(O)CC. The van der Waals surface area contributed by atoms with Crippen LogP contribution in [0.5, 0.6) is 0 Å². The Morgan fingerprint density at radius 3 is 2.64 bits per heavy atom. The number of benzene rings is 1. The highest BCUT2D eigenvalue weighted by Gasteiger charge is 2.05. The summed E-state index contributed by atoms with van der Waals surface area (Å²) in [7, 11) is 0. The van der Waals surface area contributed by atoms with E-state index in [0.717, 1.165) is 17.5 Å². The van der Waals surface area contributed by atoms with Crippen LogP contribution >= 0.6 is 0 Å². The van der Waals surface area contributed by atoms with E-state index in [2.05, 4.69) is 6.92 Å². The molecule has 0 aliphatic heterocycles. The van der Waals surface area contributed by atoms with Gasteiger partial charge in [0.2, 0.25) is 0 Å². The van der Waals surface area contributed by atoms with Gasteiger partial charge in [0, 0.05) is 0 Å². The lowest BCUT2D eigenvalue weighted by molar-refractivity contribution is 0.173. The fraction of sp³-hybridized carbons (Fsp3) is 0.300. The number of hydrogen-bond donors (Lipinski definition) is 1. The summed E-state index contributed by atoms with van der Waals surface area (Å²) in [5, 5.41) is 9.47. The van der Waals surface area contributed by atoms with E-state index < -0.39 is 0 Å². The van der Waals surface area contributed by atoms with Gasteiger partial charge in [-0.1, -0.05) is 31.2 Å². The molecular formula is C10H13O. The predicted octanol–water partition coefficient (Wildman–Crippen LogP) is 2.31. The van der Waals surface area contributed by atoms with Crippen molar-refractivity contribution in [3.8, 4) is 0 Å². The maximum atomic E-state index is 9.47. The molecule has 11 heavy (non-hydrogen) atoms. The normalized spacial score (nSPS) is 13.0. The topological polar surface area (TPSA) is 20.2 Å². The molecule has 0 spiro atoms. The van der Waals surface area contributed by atoms with E-state index in [1.807, 2.05) is 31.2 Å². The second-order valence-electron chi connectivity index (χ2n) is 2.62. The summed E-state index contributed by atoms with van der Waals surface area (Å²) in [6.07, 6.45) is 0.385. The van der Waals surface area contributed by atoms with Crippen LogP contribution < -0.4 is 0 Å². The molecule has 0 aliphatic rings. The lowest BCUT2D eigenvalue weighted by atomic mass is 10.0. The molecule has 0 amide bonds. The lowest BCUT2D eigenvalue weighted by Gasteiger charge is -2.10. The summed E-state index contributed by atoms with van der Waals surface area (Å²) in [6.45, 7) is 5.78. The minimum Gasteiger partial charge on any atom is -0.388 e. The molecular weight excluding hydrogens is 136 g/mol. The van der Waals surface area contributed by atoms with Crippen LogP contribution in [-0.4, -0.2) is 5.11 Å². The Kier molecular flexibility index (Phi) is 2.66. The number of aliphatic hydroxyl groups is 1. The van der Waals surface area contributed by atoms with Gasteiger partial charge in [0.15, 0.2) is 0 Å². The molecule has 0 aliphatic carbocycles. The molecule has 0 heterocycles. The molecule has 0 saturated heterocycles. The molecule has 0 aromatic heterocycles. The summed E-state index contributed by atoms with van der Waals surface area (Å²) in [6, 6.07) is 7.67. The van der Waals surface area contributed by atoms with Gasteiger partial charge in [-0.25, -0.2) is 0 Å². The zero-order valence-electron chi connectivity index (χ0n) is 6.75. The van der Waals surface area contributed by atoms with Crippen molar-refractivity contribution in [1.82, 2.24) is 0 Å². The summed E-state index contributed by atoms with van der Waals surface area (Å²) >= 11 is 0. The number of rotatable bonds is 2. The maximum Gasteiger partial charge on any atom is 0.0790 e. The fourth-order valence-electron chi connectivity index (χ4n) is 1.08. The average Bonchev–Trinajstić information content (AvgIpc) is 2.04. The van der Waals surface area contributed by atoms with E-state index in [0.29, 0.717) is 0 Å². The van der Waals surface area contributed by atoms with Crippen LogP contribution in [0.3, 0.4) is 0 Å². The zero-order valence-corrected chi connectivity index (χ0v) is 6.75. The highest BCUT2D eigenvalue weighted by molar-refractivity contribution is 5.30. The first kappa shape index (κ1) is 8.28. The van der Waals surface area contributed by atoms with Crippen molar-refractivity contribution >= 4 is 0 Å². The quantitative estimate of drug-likeness (QED) is 0.684. The molecule has 0 bridgehead atoms. The van der Waals surface area contributed by atoms with Crippen molar-refractivity contribution in [3.05, 3.63) is 42.3 Å². The van der Waals surface area contributed by atoms with Crippen LogP contribution in [-0.2, 0) is 0 Å². The van der Waals surface area contributed by atoms with Crippen molar-refractivity contribution in [1.29, 1.82) is 0 Å². The third-order valence-corrected chi connectivity index (χ3v) is 1.80. The molecule has 1 N–H and O–H groups in total. The minimum absolute atomic E-state index is 0.358. The van der Waals surface area contributed by atoms with E-state index in [1.54, 1.807) is 0 Å². The second kappa shape index (κ2) is 3.54. The standard InChI is InChI=1S/C10H13O/c1-3-10(11)9-7-5-4-6-8(9)2/h4-7,10-11H,2-3H2,1H3. The summed E-state index contributed by atoms with van der Waals surface area (Å²) in [5.74, 6) is 0. The molecule has 1 atom stereocenters. The van der Waals surface area contributed by atoms with Crippen LogP contribution in [0.4, 0.5) is 0 Å². The van der Waals surface area contributed by atoms with E-state index in [-0.39, 0.29) is 6.10 Å². The number of aliphatic hydroxyl groups excluding tert-OH is 1. The fourth-order valence-corrected chi connectivity index (χ4v) is 1.08. The van der Waals surface area contributed by atoms with Gasteiger partial charge in [-0.2, -0.15) is 0 Å². The van der Waals surface area contributed by atoms with E-state index >= 15 is 0 Å². The van der Waals surface area contributed by atoms with Gasteiger partial charge < -0.3 is 5.11 Å². The van der Waals surface area contributed by atoms with Crippen LogP contribution in [0.25, 0.3) is 0 Å². The smallest absolute Gasteiger partial charge is 0.0790 e. The van der Waals surface area contributed by atoms with Gasteiger partial charge in [0.1, 0.15) is 0 Å². The van der Waals surface area contributed by atoms with E-state index in [1.165, 1.54) is 0 Å². The lowest BCUT2D eigenvalue weighted by Crippen LogP contribution is -1.97. The molecule has 1 heteroatoms.